The Bertz CT molecular complexity index is 863. The van der Waals surface area contributed by atoms with E-state index in [0.717, 1.165) is 16.8 Å². The molecule has 0 spiro atoms. The van der Waals surface area contributed by atoms with Gasteiger partial charge in [0, 0.05) is 37.5 Å². The molecular weight excluding hydrogens is 507 g/mol. The van der Waals surface area contributed by atoms with Crippen LogP contribution in [0, 0.1) is 5.92 Å². The second-order valence-electron chi connectivity index (χ2n) is 8.07. The zero-order chi connectivity index (χ0) is 22.1. The Morgan fingerprint density at radius 1 is 1.32 bits per heavy atom. The molecule has 1 aromatic carbocycles. The fourth-order valence-corrected chi connectivity index (χ4v) is 2.90. The van der Waals surface area contributed by atoms with E-state index in [1.165, 1.54) is 0 Å². The SMILES string of the molecule is CCNC(=NCc1cccc(NC(=O)CC(C)C)c1)NCC(C)(O)c1cnn(C)c1.I. The third kappa shape index (κ3) is 9.26. The molecule has 31 heavy (non-hydrogen) atoms. The monoisotopic (exact) mass is 542 g/mol. The van der Waals surface area contributed by atoms with E-state index in [1.807, 2.05) is 52.1 Å². The molecule has 1 aromatic heterocycles. The van der Waals surface area contributed by atoms with Crippen LogP contribution in [0.5, 0.6) is 0 Å². The summed E-state index contributed by atoms with van der Waals surface area (Å²) >= 11 is 0. The maximum Gasteiger partial charge on any atom is 0.224 e. The minimum Gasteiger partial charge on any atom is -0.383 e. The third-order valence-corrected chi connectivity index (χ3v) is 4.50. The maximum atomic E-state index is 12.0. The lowest BCUT2D eigenvalue weighted by atomic mass is 10.00. The number of anilines is 1. The Morgan fingerprint density at radius 3 is 2.68 bits per heavy atom. The van der Waals surface area contributed by atoms with Gasteiger partial charge in [-0.2, -0.15) is 5.10 Å². The Hall–Kier alpha value is -2.14. The zero-order valence-electron chi connectivity index (χ0n) is 19.0. The average molecular weight is 542 g/mol. The van der Waals surface area contributed by atoms with Crippen molar-refractivity contribution < 1.29 is 9.90 Å². The van der Waals surface area contributed by atoms with Crippen LogP contribution in [-0.4, -0.2) is 39.8 Å². The summed E-state index contributed by atoms with van der Waals surface area (Å²) in [5.74, 6) is 0.935. The Labute approximate surface area is 201 Å². The van der Waals surface area contributed by atoms with Crippen LogP contribution < -0.4 is 16.0 Å². The summed E-state index contributed by atoms with van der Waals surface area (Å²) in [4.78, 5) is 16.6. The van der Waals surface area contributed by atoms with Crippen LogP contribution in [0.4, 0.5) is 5.69 Å². The largest absolute Gasteiger partial charge is 0.383 e. The summed E-state index contributed by atoms with van der Waals surface area (Å²) in [5.41, 5.74) is 1.41. The van der Waals surface area contributed by atoms with Gasteiger partial charge in [0.1, 0.15) is 5.60 Å². The minimum absolute atomic E-state index is 0. The van der Waals surface area contributed by atoms with Crippen molar-refractivity contribution in [2.75, 3.05) is 18.4 Å². The molecular formula is C22H35IN6O2. The highest BCUT2D eigenvalue weighted by atomic mass is 127. The number of aliphatic hydroxyl groups is 1. The van der Waals surface area contributed by atoms with Crippen LogP contribution in [0.15, 0.2) is 41.7 Å². The van der Waals surface area contributed by atoms with Crippen molar-refractivity contribution in [1.82, 2.24) is 20.4 Å². The second-order valence-corrected chi connectivity index (χ2v) is 8.07. The summed E-state index contributed by atoms with van der Waals surface area (Å²) in [7, 11) is 1.82. The Morgan fingerprint density at radius 2 is 2.06 bits per heavy atom. The lowest BCUT2D eigenvalue weighted by Gasteiger charge is -2.23. The van der Waals surface area contributed by atoms with Gasteiger partial charge >= 0.3 is 0 Å². The molecule has 172 valence electrons. The number of nitrogens with one attached hydrogen (secondary N) is 3. The predicted molar refractivity (Wildman–Crippen MR) is 136 cm³/mol. The predicted octanol–water partition coefficient (Wildman–Crippen LogP) is 2.99. The number of carbonyl (C=O) groups is 1. The van der Waals surface area contributed by atoms with E-state index in [2.05, 4.69) is 26.0 Å². The molecule has 1 amide bonds. The van der Waals surface area contributed by atoms with E-state index in [1.54, 1.807) is 24.0 Å². The van der Waals surface area contributed by atoms with Crippen LogP contribution in [0.2, 0.25) is 0 Å². The van der Waals surface area contributed by atoms with E-state index in [0.29, 0.717) is 31.4 Å². The zero-order valence-corrected chi connectivity index (χ0v) is 21.3. The molecule has 0 saturated carbocycles. The van der Waals surface area contributed by atoms with Gasteiger partial charge in [0.25, 0.3) is 0 Å². The number of amides is 1. The summed E-state index contributed by atoms with van der Waals surface area (Å²) in [6.07, 6.45) is 3.95. The first kappa shape index (κ1) is 26.9. The smallest absolute Gasteiger partial charge is 0.224 e. The van der Waals surface area contributed by atoms with Crippen molar-refractivity contribution in [3.63, 3.8) is 0 Å². The first-order valence-electron chi connectivity index (χ1n) is 10.3. The molecule has 0 aliphatic rings. The molecule has 0 aliphatic carbocycles. The number of guanidine groups is 1. The average Bonchev–Trinajstić information content (AvgIpc) is 3.11. The summed E-state index contributed by atoms with van der Waals surface area (Å²) < 4.78 is 1.66. The van der Waals surface area contributed by atoms with Gasteiger partial charge in [-0.15, -0.1) is 24.0 Å². The standard InChI is InChI=1S/C22H34N6O2.HI/c1-6-23-21(25-15-22(4,30)18-13-26-28(5)14-18)24-12-17-8-7-9-19(11-17)27-20(29)10-16(2)3;/h7-9,11,13-14,16,30H,6,10,12,15H2,1-5H3,(H,27,29)(H2,23,24,25);1H. The van der Waals surface area contributed by atoms with Gasteiger partial charge in [-0.25, -0.2) is 4.99 Å². The van der Waals surface area contributed by atoms with Crippen LogP contribution in [-0.2, 0) is 24.0 Å². The number of nitrogens with zero attached hydrogens (tertiary/aromatic N) is 3. The number of aryl methyl sites for hydroxylation is 1. The minimum atomic E-state index is -1.08. The highest BCUT2D eigenvalue weighted by molar-refractivity contribution is 14.0. The normalized spacial score (nSPS) is 13.3. The number of aromatic nitrogens is 2. The van der Waals surface area contributed by atoms with Gasteiger partial charge < -0.3 is 21.1 Å². The van der Waals surface area contributed by atoms with E-state index in [-0.39, 0.29) is 36.4 Å². The topological polar surface area (TPSA) is 104 Å². The molecule has 2 rings (SSSR count). The van der Waals surface area contributed by atoms with Gasteiger partial charge in [0.15, 0.2) is 5.96 Å². The molecule has 1 atom stereocenters. The molecule has 0 saturated heterocycles. The van der Waals surface area contributed by atoms with Crippen LogP contribution in [0.3, 0.4) is 0 Å². The number of benzene rings is 1. The maximum absolute atomic E-state index is 12.0. The number of carbonyl (C=O) groups excluding carboxylic acids is 1. The third-order valence-electron chi connectivity index (χ3n) is 4.50. The Balaban J connectivity index is 0.00000480. The molecule has 9 heteroatoms. The van der Waals surface area contributed by atoms with E-state index >= 15 is 0 Å². The molecule has 0 fully saturated rings. The van der Waals surface area contributed by atoms with Crippen molar-refractivity contribution in [2.24, 2.45) is 18.0 Å². The van der Waals surface area contributed by atoms with Crippen LogP contribution >= 0.6 is 24.0 Å². The summed E-state index contributed by atoms with van der Waals surface area (Å²) in [5, 5.41) is 24.2. The number of halogens is 1. The molecule has 0 radical (unpaired) electrons. The fraction of sp³-hybridized carbons (Fsp3) is 0.500. The number of aliphatic imine (C=N–C) groups is 1. The molecule has 0 aliphatic heterocycles. The van der Waals surface area contributed by atoms with Gasteiger partial charge in [0.2, 0.25) is 5.91 Å². The van der Waals surface area contributed by atoms with Crippen molar-refractivity contribution in [3.8, 4) is 0 Å². The molecule has 1 unspecified atom stereocenters. The molecule has 1 heterocycles. The summed E-state index contributed by atoms with van der Waals surface area (Å²) in [6, 6.07) is 7.68. The van der Waals surface area contributed by atoms with E-state index in [4.69, 9.17) is 0 Å². The van der Waals surface area contributed by atoms with Gasteiger partial charge in [-0.1, -0.05) is 26.0 Å². The number of rotatable bonds is 9. The Kier molecular flexibility index (Phi) is 11.0. The van der Waals surface area contributed by atoms with Crippen molar-refractivity contribution in [1.29, 1.82) is 0 Å². The van der Waals surface area contributed by atoms with Gasteiger partial charge in [-0.05, 0) is 37.5 Å². The first-order chi connectivity index (χ1) is 14.2. The lowest BCUT2D eigenvalue weighted by molar-refractivity contribution is -0.116. The highest BCUT2D eigenvalue weighted by Gasteiger charge is 2.25. The number of hydrogen-bond acceptors (Lipinski definition) is 4. The summed E-state index contributed by atoms with van der Waals surface area (Å²) in [6.45, 7) is 9.20. The van der Waals surface area contributed by atoms with Gasteiger partial charge in [0.05, 0.1) is 19.3 Å². The van der Waals surface area contributed by atoms with Crippen molar-refractivity contribution in [3.05, 3.63) is 47.8 Å². The van der Waals surface area contributed by atoms with E-state index in [9.17, 15) is 9.90 Å². The molecule has 8 nitrogen and oxygen atoms in total. The van der Waals surface area contributed by atoms with E-state index < -0.39 is 5.60 Å². The first-order valence-corrected chi connectivity index (χ1v) is 10.3. The number of hydrogen-bond donors (Lipinski definition) is 4. The van der Waals surface area contributed by atoms with Gasteiger partial charge in [-0.3, -0.25) is 9.48 Å². The lowest BCUT2D eigenvalue weighted by Crippen LogP contribution is -2.44. The van der Waals surface area contributed by atoms with Crippen LogP contribution in [0.25, 0.3) is 0 Å². The molecule has 4 N–H and O–H groups in total. The van der Waals surface area contributed by atoms with Crippen molar-refractivity contribution >= 4 is 41.5 Å². The molecule has 2 aromatic rings. The molecule has 0 bridgehead atoms. The highest BCUT2D eigenvalue weighted by Crippen LogP contribution is 2.18. The fourth-order valence-electron chi connectivity index (χ4n) is 2.90. The quantitative estimate of drug-likeness (QED) is 0.222. The second kappa shape index (κ2) is 12.7. The van der Waals surface area contributed by atoms with Crippen molar-refractivity contribution in [2.45, 2.75) is 46.3 Å². The van der Waals surface area contributed by atoms with Crippen LogP contribution in [0.1, 0.15) is 45.2 Å².